The van der Waals surface area contributed by atoms with Gasteiger partial charge in [0.25, 0.3) is 11.7 Å². The monoisotopic (exact) mass is 381 g/mol. The average Bonchev–Trinajstić information content (AvgIpc) is 3.01. The molecule has 1 amide bonds. The summed E-state index contributed by atoms with van der Waals surface area (Å²) in [5.74, 6) is 0.493. The Morgan fingerprint density at radius 3 is 2.17 bits per heavy atom. The van der Waals surface area contributed by atoms with E-state index in [-0.39, 0.29) is 17.4 Å². The Labute approximate surface area is 166 Å². The number of hydrogen-bond donors (Lipinski definition) is 1. The average molecular weight is 381 g/mol. The molecule has 3 aromatic carbocycles. The van der Waals surface area contributed by atoms with E-state index >= 15 is 0 Å². The van der Waals surface area contributed by atoms with Crippen LogP contribution < -0.4 is 10.1 Å². The first-order valence-corrected chi connectivity index (χ1v) is 9.13. The number of amides is 1. The van der Waals surface area contributed by atoms with E-state index in [9.17, 15) is 15.1 Å². The fourth-order valence-electron chi connectivity index (χ4n) is 4.42. The Morgan fingerprint density at radius 2 is 1.59 bits per heavy atom. The summed E-state index contributed by atoms with van der Waals surface area (Å²) < 4.78 is 6.08. The number of rotatable bonds is 1. The van der Waals surface area contributed by atoms with Crippen LogP contribution in [-0.2, 0) is 5.41 Å². The quantitative estimate of drug-likeness (QED) is 0.517. The van der Waals surface area contributed by atoms with Crippen LogP contribution in [0.1, 0.15) is 37.4 Å². The summed E-state index contributed by atoms with van der Waals surface area (Å²) in [5, 5.41) is 2.61. The van der Waals surface area contributed by atoms with Crippen LogP contribution in [0.4, 0.5) is 0 Å². The third-order valence-electron chi connectivity index (χ3n) is 5.63. The third-order valence-corrected chi connectivity index (χ3v) is 5.63. The number of Topliss-reactive ketones (excluding diaryl/α,β-unsaturated/α-hetero) is 1. The summed E-state index contributed by atoms with van der Waals surface area (Å²) in [6.45, 7) is 0. The van der Waals surface area contributed by atoms with Crippen LogP contribution in [0.15, 0.2) is 66.7 Å². The Morgan fingerprint density at radius 1 is 0.966 bits per heavy atom. The summed E-state index contributed by atoms with van der Waals surface area (Å²) in [7, 11) is 1.55. The lowest BCUT2D eigenvalue weighted by molar-refractivity contribution is -0.0118. The van der Waals surface area contributed by atoms with Crippen molar-refractivity contribution >= 4 is 17.4 Å². The van der Waals surface area contributed by atoms with Crippen molar-refractivity contribution in [3.8, 4) is 11.5 Å². The number of fused-ring (bicyclic) bond motifs is 6. The van der Waals surface area contributed by atoms with Crippen LogP contribution in [-0.4, -0.2) is 29.2 Å². The third kappa shape index (κ3) is 2.06. The van der Waals surface area contributed by atoms with Crippen LogP contribution in [0, 0.1) is 0 Å². The fourth-order valence-corrected chi connectivity index (χ4v) is 4.42. The second kappa shape index (κ2) is 5.99. The van der Waals surface area contributed by atoms with Crippen molar-refractivity contribution in [2.45, 2.75) is 5.41 Å². The molecule has 3 aromatic rings. The number of ether oxygens (including phenoxy) is 1. The molecule has 0 fully saturated rings. The zero-order valence-corrected chi connectivity index (χ0v) is 15.5. The molecule has 0 aromatic heterocycles. The molecule has 5 rings (SSSR count). The molecule has 29 heavy (non-hydrogen) atoms. The highest BCUT2D eigenvalue weighted by Gasteiger charge is 2.61. The van der Waals surface area contributed by atoms with Gasteiger partial charge in [-0.2, -0.15) is 4.79 Å². The number of carbonyl (C=O) groups is 2. The molecule has 0 unspecified atom stereocenters. The Kier molecular flexibility index (Phi) is 3.53. The van der Waals surface area contributed by atoms with Crippen molar-refractivity contribution in [2.24, 2.45) is 0 Å². The molecule has 1 aliphatic heterocycles. The minimum absolute atomic E-state index is 0.00948. The number of nitrogens with one attached hydrogen (secondary N) is 1. The van der Waals surface area contributed by atoms with E-state index in [0.717, 1.165) is 0 Å². The van der Waals surface area contributed by atoms with Crippen molar-refractivity contribution in [2.75, 3.05) is 7.05 Å². The highest BCUT2D eigenvalue weighted by atomic mass is 16.5. The van der Waals surface area contributed by atoms with Crippen molar-refractivity contribution in [1.82, 2.24) is 5.32 Å². The first-order valence-electron chi connectivity index (χ1n) is 9.13. The van der Waals surface area contributed by atoms with Crippen molar-refractivity contribution in [3.63, 3.8) is 0 Å². The summed E-state index contributed by atoms with van der Waals surface area (Å²) in [5.41, 5.74) is 11.6. The Bertz CT molecular complexity index is 1230. The predicted molar refractivity (Wildman–Crippen MR) is 106 cm³/mol. The topological polar surface area (TPSA) is 91.8 Å². The smallest absolute Gasteiger partial charge is 0.358 e. The molecule has 1 spiro atoms. The van der Waals surface area contributed by atoms with Crippen LogP contribution in [0.3, 0.4) is 0 Å². The molecular formula is C23H15N3O3. The van der Waals surface area contributed by atoms with E-state index < -0.39 is 5.41 Å². The van der Waals surface area contributed by atoms with E-state index in [4.69, 9.17) is 4.74 Å². The number of nitrogens with zero attached hydrogens (tertiary/aromatic N) is 2. The largest absolute Gasteiger partial charge is 0.457 e. The zero-order chi connectivity index (χ0) is 20.2. The highest BCUT2D eigenvalue weighted by molar-refractivity contribution is 6.52. The molecular weight excluding hydrogens is 366 g/mol. The first kappa shape index (κ1) is 17.1. The summed E-state index contributed by atoms with van der Waals surface area (Å²) in [4.78, 5) is 29.0. The zero-order valence-electron chi connectivity index (χ0n) is 15.5. The number of benzene rings is 3. The minimum atomic E-state index is -1.17. The van der Waals surface area contributed by atoms with Gasteiger partial charge in [0.2, 0.25) is 0 Å². The van der Waals surface area contributed by atoms with Crippen LogP contribution in [0.2, 0.25) is 0 Å². The van der Waals surface area contributed by atoms with Gasteiger partial charge in [-0.3, -0.25) is 9.59 Å². The number of carbonyl (C=O) groups excluding carboxylic acids is 2. The first-order chi connectivity index (χ1) is 14.1. The van der Waals surface area contributed by atoms with Gasteiger partial charge in [-0.15, -0.1) is 0 Å². The second-order valence-electron chi connectivity index (χ2n) is 6.96. The van der Waals surface area contributed by atoms with E-state index in [2.05, 4.69) is 10.1 Å². The van der Waals surface area contributed by atoms with Gasteiger partial charge < -0.3 is 15.6 Å². The standard InChI is InChI=1S/C23H15N3O3/c1-25-22(28)13-10-11-14-17(12-13)23(21(26-24)20(14)27)15-6-2-4-8-18(15)29-19-9-5-3-7-16(19)23/h2-12H,1H3,(H,25,28). The molecule has 1 aliphatic carbocycles. The lowest BCUT2D eigenvalue weighted by Crippen LogP contribution is -2.40. The molecule has 1 heterocycles. The molecule has 1 N–H and O–H groups in total. The van der Waals surface area contributed by atoms with Gasteiger partial charge in [-0.05, 0) is 35.9 Å². The van der Waals surface area contributed by atoms with Gasteiger partial charge >= 0.3 is 5.71 Å². The maximum atomic E-state index is 13.2. The summed E-state index contributed by atoms with van der Waals surface area (Å²) in [6, 6.07) is 19.6. The Hall–Kier alpha value is -4.02. The molecule has 140 valence electrons. The molecule has 6 heteroatoms. The van der Waals surface area contributed by atoms with Crippen LogP contribution in [0.25, 0.3) is 5.53 Å². The van der Waals surface area contributed by atoms with Crippen molar-refractivity contribution in [3.05, 3.63) is 100 Å². The normalized spacial score (nSPS) is 15.1. The number of ketones is 1. The number of para-hydroxylation sites is 2. The van der Waals surface area contributed by atoms with Gasteiger partial charge in [0.1, 0.15) is 11.5 Å². The minimum Gasteiger partial charge on any atom is -0.457 e. The molecule has 2 aliphatic rings. The van der Waals surface area contributed by atoms with E-state index in [1.807, 2.05) is 48.5 Å². The molecule has 0 saturated heterocycles. The van der Waals surface area contributed by atoms with E-state index in [1.165, 1.54) is 0 Å². The lowest BCUT2D eigenvalue weighted by Gasteiger charge is -2.34. The molecule has 0 radical (unpaired) electrons. The molecule has 0 bridgehead atoms. The van der Waals surface area contributed by atoms with Crippen molar-refractivity contribution in [1.29, 1.82) is 0 Å². The van der Waals surface area contributed by atoms with Crippen LogP contribution in [0.5, 0.6) is 11.5 Å². The molecule has 6 nitrogen and oxygen atoms in total. The fraction of sp³-hybridized carbons (Fsp3) is 0.0870. The van der Waals surface area contributed by atoms with Gasteiger partial charge in [-0.1, -0.05) is 36.4 Å². The van der Waals surface area contributed by atoms with Gasteiger partial charge in [-0.25, -0.2) is 0 Å². The van der Waals surface area contributed by atoms with Gasteiger partial charge in [0.15, 0.2) is 5.41 Å². The van der Waals surface area contributed by atoms with E-state index in [0.29, 0.717) is 39.3 Å². The van der Waals surface area contributed by atoms with Gasteiger partial charge in [0.05, 0.1) is 0 Å². The number of hydrogen-bond acceptors (Lipinski definition) is 3. The molecule has 0 atom stereocenters. The molecule has 0 saturated carbocycles. The second-order valence-corrected chi connectivity index (χ2v) is 6.96. The van der Waals surface area contributed by atoms with Gasteiger partial charge in [0, 0.05) is 29.3 Å². The van der Waals surface area contributed by atoms with E-state index in [1.54, 1.807) is 25.2 Å². The predicted octanol–water partition coefficient (Wildman–Crippen LogP) is 3.35. The highest BCUT2D eigenvalue weighted by Crippen LogP contribution is 2.55. The maximum Gasteiger partial charge on any atom is 0.358 e. The summed E-state index contributed by atoms with van der Waals surface area (Å²) >= 11 is 0. The van der Waals surface area contributed by atoms with Crippen LogP contribution >= 0.6 is 0 Å². The maximum absolute atomic E-state index is 13.2. The van der Waals surface area contributed by atoms with Crippen molar-refractivity contribution < 1.29 is 19.1 Å². The Balaban J connectivity index is 1.97. The summed E-state index contributed by atoms with van der Waals surface area (Å²) in [6.07, 6.45) is 0. The lowest BCUT2D eigenvalue weighted by atomic mass is 9.67. The SMILES string of the molecule is CNC(=O)c1ccc2c(c1)C1(C(=[N+]=[N-])C2=O)c2ccccc2Oc2ccccc21.